The Labute approximate surface area is 214 Å². The fraction of sp³-hybridized carbons (Fsp3) is 0.400. The molecular formula is C25H27F6N3O4. The number of halogens is 6. The molecule has 0 unspecified atom stereocenters. The largest absolute Gasteiger partial charge is 0.480 e. The monoisotopic (exact) mass is 547 g/mol. The zero-order chi connectivity index (χ0) is 28.8. The van der Waals surface area contributed by atoms with E-state index in [2.05, 4.69) is 5.32 Å². The lowest BCUT2D eigenvalue weighted by Crippen LogP contribution is -2.57. The number of hydrogen-bond donors (Lipinski definition) is 3. The summed E-state index contributed by atoms with van der Waals surface area (Å²) in [6.45, 7) is 0.945. The summed E-state index contributed by atoms with van der Waals surface area (Å²) in [5, 5.41) is 11.3. The van der Waals surface area contributed by atoms with Gasteiger partial charge < -0.3 is 21.1 Å². The number of carboxylic acids is 1. The first-order chi connectivity index (χ1) is 17.6. The van der Waals surface area contributed by atoms with Gasteiger partial charge in [0.15, 0.2) is 11.6 Å². The smallest absolute Gasteiger partial charge is 0.406 e. The Morgan fingerprint density at radius 2 is 1.68 bits per heavy atom. The van der Waals surface area contributed by atoms with Crippen LogP contribution in [0, 0.1) is 17.5 Å². The summed E-state index contributed by atoms with van der Waals surface area (Å²) in [5.74, 6) is -7.37. The predicted molar refractivity (Wildman–Crippen MR) is 124 cm³/mol. The number of piperidine rings is 1. The first-order valence-electron chi connectivity index (χ1n) is 11.4. The van der Waals surface area contributed by atoms with Crippen molar-refractivity contribution in [3.8, 4) is 0 Å². The van der Waals surface area contributed by atoms with Crippen molar-refractivity contribution in [2.24, 2.45) is 5.73 Å². The molecule has 13 heteroatoms. The average Bonchev–Trinajstić information content (AvgIpc) is 2.82. The van der Waals surface area contributed by atoms with Crippen LogP contribution in [0.3, 0.4) is 0 Å². The van der Waals surface area contributed by atoms with Gasteiger partial charge in [0.2, 0.25) is 11.8 Å². The molecule has 2 aromatic carbocycles. The van der Waals surface area contributed by atoms with E-state index in [4.69, 9.17) is 10.8 Å². The van der Waals surface area contributed by atoms with Crippen molar-refractivity contribution in [3.05, 3.63) is 71.0 Å². The quantitative estimate of drug-likeness (QED) is 0.379. The van der Waals surface area contributed by atoms with E-state index in [0.29, 0.717) is 23.5 Å². The molecule has 7 nitrogen and oxygen atoms in total. The highest BCUT2D eigenvalue weighted by Crippen LogP contribution is 2.37. The van der Waals surface area contributed by atoms with Crippen LogP contribution in [-0.2, 0) is 20.8 Å². The van der Waals surface area contributed by atoms with Crippen LogP contribution in [0.25, 0.3) is 0 Å². The summed E-state index contributed by atoms with van der Waals surface area (Å²) in [7, 11) is 0. The van der Waals surface area contributed by atoms with Gasteiger partial charge in [0.25, 0.3) is 0 Å². The summed E-state index contributed by atoms with van der Waals surface area (Å²) < 4.78 is 79.1. The minimum absolute atomic E-state index is 0.272. The normalized spacial score (nSPS) is 20.3. The van der Waals surface area contributed by atoms with E-state index in [9.17, 15) is 40.7 Å². The molecule has 0 radical (unpaired) electrons. The SMILES string of the molecule is CC(=O)N[C@@H](Cc1ccccc1)C(=O)O.C[C@@H]1[C@H](c2c(F)ccc(F)c2F)C[C@H](N)C(=O)N1CC(F)(F)F. The van der Waals surface area contributed by atoms with E-state index < -0.39 is 71.7 Å². The fourth-order valence-corrected chi connectivity index (χ4v) is 4.15. The minimum atomic E-state index is -4.69. The van der Waals surface area contributed by atoms with Gasteiger partial charge in [0, 0.05) is 30.9 Å². The van der Waals surface area contributed by atoms with Gasteiger partial charge in [0.05, 0.1) is 6.04 Å². The number of amides is 2. The van der Waals surface area contributed by atoms with Crippen LogP contribution < -0.4 is 11.1 Å². The number of carbonyl (C=O) groups excluding carboxylic acids is 2. The molecule has 1 aliphatic heterocycles. The maximum Gasteiger partial charge on any atom is 0.406 e. The Hall–Kier alpha value is -3.61. The Morgan fingerprint density at radius 3 is 2.21 bits per heavy atom. The van der Waals surface area contributed by atoms with Crippen molar-refractivity contribution in [3.63, 3.8) is 0 Å². The standard InChI is InChI=1S/C14H14F6N2O.C11H13NO3/c1-6-7(11-8(15)2-3-9(16)12(11)17)4-10(21)13(23)22(6)5-14(18,19)20;1-8(13)12-10(11(14)15)7-9-5-3-2-4-6-9/h2-3,6-7,10H,4-5,21H2,1H3;2-6,10H,7H2,1H3,(H,12,13)(H,14,15)/t6-,7-,10+;10-/m10/s1. The van der Waals surface area contributed by atoms with Crippen LogP contribution in [0.5, 0.6) is 0 Å². The number of carboxylic acid groups (broad SMARTS) is 1. The molecule has 0 saturated carbocycles. The highest BCUT2D eigenvalue weighted by Gasteiger charge is 2.45. The molecule has 2 amide bonds. The molecular weight excluding hydrogens is 520 g/mol. The Balaban J connectivity index is 0.000000293. The lowest BCUT2D eigenvalue weighted by atomic mass is 9.81. The summed E-state index contributed by atoms with van der Waals surface area (Å²) in [6.07, 6.45) is -4.66. The number of hydrogen-bond acceptors (Lipinski definition) is 4. The van der Waals surface area contributed by atoms with Crippen LogP contribution in [0.15, 0.2) is 42.5 Å². The van der Waals surface area contributed by atoms with Crippen molar-refractivity contribution < 1.29 is 45.8 Å². The van der Waals surface area contributed by atoms with E-state index >= 15 is 0 Å². The summed E-state index contributed by atoms with van der Waals surface area (Å²) in [5.41, 5.74) is 5.72. The van der Waals surface area contributed by atoms with E-state index in [-0.39, 0.29) is 12.3 Å². The number of nitrogens with zero attached hydrogens (tertiary/aromatic N) is 1. The third kappa shape index (κ3) is 8.20. The van der Waals surface area contributed by atoms with Crippen molar-refractivity contribution in [2.45, 2.75) is 56.9 Å². The van der Waals surface area contributed by atoms with E-state index in [1.54, 1.807) is 0 Å². The predicted octanol–water partition coefficient (Wildman–Crippen LogP) is 3.52. The third-order valence-corrected chi connectivity index (χ3v) is 5.94. The van der Waals surface area contributed by atoms with Gasteiger partial charge in [-0.15, -0.1) is 0 Å². The number of aliphatic carboxylic acids is 1. The van der Waals surface area contributed by atoms with Gasteiger partial charge in [-0.1, -0.05) is 30.3 Å². The lowest BCUT2D eigenvalue weighted by Gasteiger charge is -2.42. The van der Waals surface area contributed by atoms with Crippen LogP contribution in [0.2, 0.25) is 0 Å². The first-order valence-corrected chi connectivity index (χ1v) is 11.4. The maximum absolute atomic E-state index is 13.9. The Bertz CT molecular complexity index is 1150. The topological polar surface area (TPSA) is 113 Å². The zero-order valence-corrected chi connectivity index (χ0v) is 20.4. The maximum atomic E-state index is 13.9. The van der Waals surface area contributed by atoms with E-state index in [0.717, 1.165) is 5.56 Å². The molecule has 1 heterocycles. The molecule has 208 valence electrons. The molecule has 4 N–H and O–H groups in total. The molecule has 4 atom stereocenters. The second-order valence-corrected chi connectivity index (χ2v) is 8.81. The molecule has 2 aromatic rings. The second kappa shape index (κ2) is 12.8. The number of alkyl halides is 3. The van der Waals surface area contributed by atoms with Crippen LogP contribution >= 0.6 is 0 Å². The molecule has 1 fully saturated rings. The lowest BCUT2D eigenvalue weighted by molar-refractivity contribution is -0.170. The fourth-order valence-electron chi connectivity index (χ4n) is 4.15. The molecule has 0 spiro atoms. The van der Waals surface area contributed by atoms with Gasteiger partial charge in [-0.2, -0.15) is 13.2 Å². The zero-order valence-electron chi connectivity index (χ0n) is 20.4. The minimum Gasteiger partial charge on any atom is -0.480 e. The molecule has 1 saturated heterocycles. The number of nitrogens with two attached hydrogens (primary N) is 1. The number of carbonyl (C=O) groups is 3. The molecule has 38 heavy (non-hydrogen) atoms. The van der Waals surface area contributed by atoms with Crippen LogP contribution in [-0.4, -0.2) is 58.6 Å². The average molecular weight is 547 g/mol. The summed E-state index contributed by atoms with van der Waals surface area (Å²) in [6, 6.07) is 7.08. The number of nitrogens with one attached hydrogen (secondary N) is 1. The number of benzene rings is 2. The summed E-state index contributed by atoms with van der Waals surface area (Å²) >= 11 is 0. The first kappa shape index (κ1) is 30.6. The number of likely N-dealkylation sites (tertiary alicyclic amines) is 1. The molecule has 0 aliphatic carbocycles. The van der Waals surface area contributed by atoms with Crippen LogP contribution in [0.4, 0.5) is 26.3 Å². The molecule has 3 rings (SSSR count). The van der Waals surface area contributed by atoms with Gasteiger partial charge in [0.1, 0.15) is 18.4 Å². The molecule has 0 bridgehead atoms. The summed E-state index contributed by atoms with van der Waals surface area (Å²) in [4.78, 5) is 33.9. The van der Waals surface area contributed by atoms with E-state index in [1.165, 1.54) is 13.8 Å². The van der Waals surface area contributed by atoms with Gasteiger partial charge in [-0.3, -0.25) is 9.59 Å². The van der Waals surface area contributed by atoms with Gasteiger partial charge >= 0.3 is 12.1 Å². The Morgan fingerprint density at radius 1 is 1.11 bits per heavy atom. The molecule has 1 aliphatic rings. The second-order valence-electron chi connectivity index (χ2n) is 8.81. The number of rotatable bonds is 6. The van der Waals surface area contributed by atoms with Crippen molar-refractivity contribution in [1.82, 2.24) is 10.2 Å². The van der Waals surface area contributed by atoms with Crippen molar-refractivity contribution >= 4 is 17.8 Å². The van der Waals surface area contributed by atoms with Crippen molar-refractivity contribution in [2.75, 3.05) is 6.54 Å². The van der Waals surface area contributed by atoms with Crippen LogP contribution in [0.1, 0.15) is 37.3 Å². The van der Waals surface area contributed by atoms with Crippen molar-refractivity contribution in [1.29, 1.82) is 0 Å². The molecule has 0 aromatic heterocycles. The highest BCUT2D eigenvalue weighted by molar-refractivity contribution is 5.83. The van der Waals surface area contributed by atoms with Gasteiger partial charge in [-0.05, 0) is 31.0 Å². The van der Waals surface area contributed by atoms with E-state index in [1.807, 2.05) is 30.3 Å². The Kier molecular flexibility index (Phi) is 10.3. The highest BCUT2D eigenvalue weighted by atomic mass is 19.4. The van der Waals surface area contributed by atoms with Gasteiger partial charge in [-0.25, -0.2) is 18.0 Å². The third-order valence-electron chi connectivity index (χ3n) is 5.94.